The molecule has 20 heavy (non-hydrogen) atoms. The molecular formula is C17H14N2O. The van der Waals surface area contributed by atoms with Gasteiger partial charge in [-0.05, 0) is 23.8 Å². The van der Waals surface area contributed by atoms with Crippen LogP contribution in [0.4, 0.5) is 0 Å². The molecule has 0 unspecified atom stereocenters. The Kier molecular flexibility index (Phi) is 3.17. The summed E-state index contributed by atoms with van der Waals surface area (Å²) in [6.45, 7) is 0. The van der Waals surface area contributed by atoms with Gasteiger partial charge in [0.15, 0.2) is 0 Å². The highest BCUT2D eigenvalue weighted by atomic mass is 16.1. The van der Waals surface area contributed by atoms with Gasteiger partial charge < -0.3 is 4.57 Å². The number of rotatable bonds is 2. The molecule has 2 aromatic carbocycles. The van der Waals surface area contributed by atoms with Crippen LogP contribution in [-0.2, 0) is 7.05 Å². The van der Waals surface area contributed by atoms with Crippen molar-refractivity contribution in [2.24, 2.45) is 7.05 Å². The van der Waals surface area contributed by atoms with E-state index in [-0.39, 0.29) is 5.56 Å². The van der Waals surface area contributed by atoms with Crippen molar-refractivity contribution in [1.82, 2.24) is 9.55 Å². The summed E-state index contributed by atoms with van der Waals surface area (Å²) in [4.78, 5) is 16.1. The Bertz CT molecular complexity index is 832. The van der Waals surface area contributed by atoms with E-state index in [9.17, 15) is 4.79 Å². The third-order valence-corrected chi connectivity index (χ3v) is 3.28. The van der Waals surface area contributed by atoms with E-state index in [0.717, 1.165) is 11.1 Å². The summed E-state index contributed by atoms with van der Waals surface area (Å²) >= 11 is 0. The minimum absolute atomic E-state index is 0.189. The van der Waals surface area contributed by atoms with Gasteiger partial charge in [0.2, 0.25) is 0 Å². The third kappa shape index (κ3) is 2.26. The average molecular weight is 262 g/mol. The Morgan fingerprint density at radius 1 is 0.950 bits per heavy atom. The molecule has 3 aromatic rings. The molecule has 0 radical (unpaired) electrons. The summed E-state index contributed by atoms with van der Waals surface area (Å²) in [6, 6.07) is 17.5. The van der Waals surface area contributed by atoms with Crippen LogP contribution in [0.15, 0.2) is 59.4 Å². The Balaban J connectivity index is 2.11. The molecule has 0 spiro atoms. The lowest BCUT2D eigenvalue weighted by Gasteiger charge is -2.07. The molecule has 3 heteroatoms. The van der Waals surface area contributed by atoms with Crippen LogP contribution < -0.4 is 5.56 Å². The molecule has 0 atom stereocenters. The molecule has 98 valence electrons. The van der Waals surface area contributed by atoms with Gasteiger partial charge in [0.1, 0.15) is 5.82 Å². The highest BCUT2D eigenvalue weighted by molar-refractivity contribution is 5.79. The van der Waals surface area contributed by atoms with Gasteiger partial charge in [-0.3, -0.25) is 4.79 Å². The molecule has 0 saturated heterocycles. The maximum Gasteiger partial charge on any atom is 0.281 e. The minimum Gasteiger partial charge on any atom is -0.329 e. The standard InChI is InChI=1S/C17H14N2O/c1-19-15-10-6-5-9-14(15)17(20)18-16(19)12-11-13-7-3-2-4-8-13/h2-12H,1H3/b12-11+. The molecule has 0 saturated carbocycles. The lowest BCUT2D eigenvalue weighted by molar-refractivity contribution is 0.883. The zero-order chi connectivity index (χ0) is 13.9. The molecular weight excluding hydrogens is 248 g/mol. The van der Waals surface area contributed by atoms with Crippen molar-refractivity contribution in [2.75, 3.05) is 0 Å². The lowest BCUT2D eigenvalue weighted by Crippen LogP contribution is -2.14. The molecule has 0 bridgehead atoms. The van der Waals surface area contributed by atoms with Crippen molar-refractivity contribution in [2.45, 2.75) is 0 Å². The summed E-state index contributed by atoms with van der Waals surface area (Å²) in [7, 11) is 1.92. The van der Waals surface area contributed by atoms with Crippen molar-refractivity contribution in [3.8, 4) is 0 Å². The highest BCUT2D eigenvalue weighted by Gasteiger charge is 2.04. The zero-order valence-electron chi connectivity index (χ0n) is 11.2. The van der Waals surface area contributed by atoms with E-state index in [1.165, 1.54) is 0 Å². The second kappa shape index (κ2) is 5.13. The molecule has 0 aliphatic carbocycles. The molecule has 1 heterocycles. The van der Waals surface area contributed by atoms with Crippen LogP contribution in [0.25, 0.3) is 23.1 Å². The fourth-order valence-corrected chi connectivity index (χ4v) is 2.19. The molecule has 1 aromatic heterocycles. The fraction of sp³-hybridized carbons (Fsp3) is 0.0588. The molecule has 0 N–H and O–H groups in total. The Morgan fingerprint density at radius 3 is 2.45 bits per heavy atom. The molecule has 0 fully saturated rings. The van der Waals surface area contributed by atoms with E-state index >= 15 is 0 Å². The maximum atomic E-state index is 12.0. The van der Waals surface area contributed by atoms with Crippen LogP contribution in [0, 0.1) is 0 Å². The number of aromatic nitrogens is 2. The number of hydrogen-bond acceptors (Lipinski definition) is 2. The van der Waals surface area contributed by atoms with Crippen molar-refractivity contribution in [3.05, 3.63) is 76.3 Å². The Hall–Kier alpha value is -2.68. The van der Waals surface area contributed by atoms with E-state index in [0.29, 0.717) is 11.2 Å². The van der Waals surface area contributed by atoms with Gasteiger partial charge in [-0.25, -0.2) is 0 Å². The van der Waals surface area contributed by atoms with E-state index in [4.69, 9.17) is 0 Å². The first kappa shape index (κ1) is 12.4. The van der Waals surface area contributed by atoms with Crippen molar-refractivity contribution in [1.29, 1.82) is 0 Å². The summed E-state index contributed by atoms with van der Waals surface area (Å²) < 4.78 is 1.93. The van der Waals surface area contributed by atoms with Crippen molar-refractivity contribution in [3.63, 3.8) is 0 Å². The van der Waals surface area contributed by atoms with Crippen molar-refractivity contribution < 1.29 is 0 Å². The highest BCUT2D eigenvalue weighted by Crippen LogP contribution is 2.11. The predicted octanol–water partition coefficient (Wildman–Crippen LogP) is 3.10. The molecule has 3 rings (SSSR count). The SMILES string of the molecule is Cn1c(/C=C/c2ccccc2)nc(=O)c2ccccc21. The second-order valence-electron chi connectivity index (χ2n) is 4.60. The van der Waals surface area contributed by atoms with Gasteiger partial charge in [0.05, 0.1) is 10.9 Å². The lowest BCUT2D eigenvalue weighted by atomic mass is 10.2. The van der Waals surface area contributed by atoms with E-state index in [1.807, 2.05) is 72.3 Å². The van der Waals surface area contributed by atoms with Crippen LogP contribution in [0.1, 0.15) is 11.4 Å². The summed E-state index contributed by atoms with van der Waals surface area (Å²) in [5, 5.41) is 0.645. The Labute approximate surface area is 116 Å². The maximum absolute atomic E-state index is 12.0. The van der Waals surface area contributed by atoms with E-state index in [2.05, 4.69) is 4.98 Å². The number of aryl methyl sites for hydroxylation is 1. The fourth-order valence-electron chi connectivity index (χ4n) is 2.19. The van der Waals surface area contributed by atoms with Gasteiger partial charge in [-0.15, -0.1) is 0 Å². The van der Waals surface area contributed by atoms with Gasteiger partial charge >= 0.3 is 0 Å². The third-order valence-electron chi connectivity index (χ3n) is 3.28. The summed E-state index contributed by atoms with van der Waals surface area (Å²) in [5.74, 6) is 0.651. The second-order valence-corrected chi connectivity index (χ2v) is 4.60. The summed E-state index contributed by atoms with van der Waals surface area (Å²) in [6.07, 6.45) is 3.82. The first-order chi connectivity index (χ1) is 9.75. The first-order valence-corrected chi connectivity index (χ1v) is 6.44. The quantitative estimate of drug-likeness (QED) is 0.711. The predicted molar refractivity (Wildman–Crippen MR) is 82.4 cm³/mol. The van der Waals surface area contributed by atoms with Gasteiger partial charge in [-0.2, -0.15) is 4.98 Å². The smallest absolute Gasteiger partial charge is 0.281 e. The minimum atomic E-state index is -0.189. The largest absolute Gasteiger partial charge is 0.329 e. The molecule has 0 amide bonds. The van der Waals surface area contributed by atoms with Gasteiger partial charge in [0.25, 0.3) is 5.56 Å². The zero-order valence-corrected chi connectivity index (χ0v) is 11.2. The number of hydrogen-bond donors (Lipinski definition) is 0. The molecule has 0 aliphatic heterocycles. The van der Waals surface area contributed by atoms with E-state index < -0.39 is 0 Å². The normalized spacial score (nSPS) is 11.2. The summed E-state index contributed by atoms with van der Waals surface area (Å²) in [5.41, 5.74) is 1.78. The topological polar surface area (TPSA) is 34.9 Å². The van der Waals surface area contributed by atoms with Crippen LogP contribution in [-0.4, -0.2) is 9.55 Å². The van der Waals surface area contributed by atoms with Crippen LogP contribution >= 0.6 is 0 Å². The van der Waals surface area contributed by atoms with Crippen molar-refractivity contribution >= 4 is 23.1 Å². The van der Waals surface area contributed by atoms with Crippen LogP contribution in [0.5, 0.6) is 0 Å². The number of benzene rings is 2. The average Bonchev–Trinajstić information content (AvgIpc) is 2.50. The number of para-hydroxylation sites is 1. The van der Waals surface area contributed by atoms with Gasteiger partial charge in [-0.1, -0.05) is 48.5 Å². The number of fused-ring (bicyclic) bond motifs is 1. The first-order valence-electron chi connectivity index (χ1n) is 6.44. The van der Waals surface area contributed by atoms with Crippen LogP contribution in [0.2, 0.25) is 0 Å². The Morgan fingerprint density at radius 2 is 1.65 bits per heavy atom. The molecule has 0 aliphatic rings. The van der Waals surface area contributed by atoms with Gasteiger partial charge in [0, 0.05) is 7.05 Å². The number of nitrogens with zero attached hydrogens (tertiary/aromatic N) is 2. The molecule has 3 nitrogen and oxygen atoms in total. The monoisotopic (exact) mass is 262 g/mol. The van der Waals surface area contributed by atoms with Crippen LogP contribution in [0.3, 0.4) is 0 Å². The van der Waals surface area contributed by atoms with E-state index in [1.54, 1.807) is 6.07 Å².